The van der Waals surface area contributed by atoms with Crippen molar-refractivity contribution in [3.63, 3.8) is 0 Å². The molecule has 0 fully saturated rings. The van der Waals surface area contributed by atoms with E-state index >= 15 is 0 Å². The smallest absolute Gasteiger partial charge is 0.293 e. The van der Waals surface area contributed by atoms with Gasteiger partial charge < -0.3 is 0 Å². The van der Waals surface area contributed by atoms with Crippen LogP contribution in [0.2, 0.25) is 0 Å². The van der Waals surface area contributed by atoms with E-state index in [1.54, 1.807) is 0 Å². The van der Waals surface area contributed by atoms with Gasteiger partial charge in [0.25, 0.3) is 0 Å². The second-order valence-electron chi connectivity index (χ2n) is 3.41. The Morgan fingerprint density at radius 1 is 0.611 bits per heavy atom. The van der Waals surface area contributed by atoms with Gasteiger partial charge >= 0.3 is 23.7 Å². The van der Waals surface area contributed by atoms with Crippen LogP contribution in [-0.4, -0.2) is 35.3 Å². The predicted octanol–water partition coefficient (Wildman–Crippen LogP) is 2.71. The molecule has 0 atom stereocenters. The topological polar surface area (TPSA) is 34.1 Å². The Morgan fingerprint density at radius 3 is 0.889 bits per heavy atom. The highest BCUT2D eigenvalue weighted by Crippen LogP contribution is 2.52. The van der Waals surface area contributed by atoms with Crippen molar-refractivity contribution < 1.29 is 44.7 Å². The van der Waals surface area contributed by atoms with Gasteiger partial charge in [-0.2, -0.15) is 35.1 Å². The Bertz CT molecular complexity index is 337. The van der Waals surface area contributed by atoms with Crippen molar-refractivity contribution in [1.29, 1.82) is 0 Å². The maximum Gasteiger partial charge on any atom is 0.386 e. The molecule has 0 aliphatic carbocycles. The van der Waals surface area contributed by atoms with Gasteiger partial charge in [0.2, 0.25) is 11.6 Å². The average molecular weight is 286 g/mol. The van der Waals surface area contributed by atoms with Crippen LogP contribution in [0.15, 0.2) is 0 Å². The molecule has 18 heavy (non-hydrogen) atoms. The molecular formula is C8H6F8O2. The van der Waals surface area contributed by atoms with E-state index in [0.29, 0.717) is 0 Å². The van der Waals surface area contributed by atoms with Crippen molar-refractivity contribution in [3.8, 4) is 0 Å². The van der Waals surface area contributed by atoms with E-state index in [4.69, 9.17) is 0 Å². The van der Waals surface area contributed by atoms with Gasteiger partial charge in [-0.1, -0.05) is 0 Å². The minimum absolute atomic E-state index is 0.171. The highest BCUT2D eigenvalue weighted by atomic mass is 19.4. The van der Waals surface area contributed by atoms with E-state index < -0.39 is 35.3 Å². The summed E-state index contributed by atoms with van der Waals surface area (Å²) in [5.74, 6) is -30.9. The molecule has 0 heterocycles. The quantitative estimate of drug-likeness (QED) is 0.728. The van der Waals surface area contributed by atoms with Crippen LogP contribution >= 0.6 is 0 Å². The number of ketones is 2. The molecule has 0 saturated heterocycles. The van der Waals surface area contributed by atoms with Crippen molar-refractivity contribution in [3.05, 3.63) is 0 Å². The monoisotopic (exact) mass is 286 g/mol. The Hall–Kier alpha value is -1.22. The number of carbonyl (C=O) groups excluding carboxylic acids is 2. The van der Waals surface area contributed by atoms with Gasteiger partial charge in [0.05, 0.1) is 0 Å². The van der Waals surface area contributed by atoms with Crippen molar-refractivity contribution >= 4 is 11.6 Å². The molecule has 0 aromatic heterocycles. The standard InChI is InChI=1S/C8H6F8O2/c1-3(17)5(9,10)7(13,14)8(15,16)6(11,12)4(2)18/h1-2H3. The summed E-state index contributed by atoms with van der Waals surface area (Å²) in [6.45, 7) is -0.341. The molecule has 0 spiro atoms. The minimum Gasteiger partial charge on any atom is -0.293 e. The number of rotatable bonds is 5. The molecule has 106 valence electrons. The van der Waals surface area contributed by atoms with Gasteiger partial charge in [-0.15, -0.1) is 0 Å². The number of hydrogen-bond donors (Lipinski definition) is 0. The van der Waals surface area contributed by atoms with E-state index in [2.05, 4.69) is 0 Å². The SMILES string of the molecule is CC(=O)C(F)(F)C(F)(F)C(F)(F)C(F)(F)C(C)=O. The Morgan fingerprint density at radius 2 is 0.778 bits per heavy atom. The third-order valence-electron chi connectivity index (χ3n) is 2.07. The molecule has 0 bridgehead atoms. The first kappa shape index (κ1) is 16.8. The maximum atomic E-state index is 12.7. The molecule has 0 aliphatic rings. The zero-order valence-corrected chi connectivity index (χ0v) is 8.84. The molecule has 0 radical (unpaired) electrons. The molecule has 0 aromatic rings. The molecule has 0 aliphatic heterocycles. The highest BCUT2D eigenvalue weighted by Gasteiger charge is 2.83. The number of halogens is 8. The fourth-order valence-electron chi connectivity index (χ4n) is 0.837. The van der Waals surface area contributed by atoms with Crippen molar-refractivity contribution in [2.75, 3.05) is 0 Å². The van der Waals surface area contributed by atoms with Gasteiger partial charge in [0.1, 0.15) is 0 Å². The predicted molar refractivity (Wildman–Crippen MR) is 41.2 cm³/mol. The summed E-state index contributed by atoms with van der Waals surface area (Å²) in [7, 11) is 0. The van der Waals surface area contributed by atoms with Gasteiger partial charge in [0, 0.05) is 13.8 Å². The zero-order chi connectivity index (χ0) is 15.2. The third kappa shape index (κ3) is 1.97. The van der Waals surface area contributed by atoms with Crippen molar-refractivity contribution in [2.45, 2.75) is 37.5 Å². The van der Waals surface area contributed by atoms with Gasteiger partial charge in [-0.25, -0.2) is 0 Å². The third-order valence-corrected chi connectivity index (χ3v) is 2.07. The van der Waals surface area contributed by atoms with Crippen molar-refractivity contribution in [2.24, 2.45) is 0 Å². The van der Waals surface area contributed by atoms with Crippen LogP contribution in [0.1, 0.15) is 13.8 Å². The van der Waals surface area contributed by atoms with Crippen molar-refractivity contribution in [1.82, 2.24) is 0 Å². The summed E-state index contributed by atoms with van der Waals surface area (Å²) >= 11 is 0. The molecule has 10 heteroatoms. The number of hydrogen-bond acceptors (Lipinski definition) is 2. The molecule has 0 aromatic carbocycles. The van der Waals surface area contributed by atoms with E-state index in [9.17, 15) is 44.7 Å². The normalized spacial score (nSPS) is 14.6. The van der Waals surface area contributed by atoms with Crippen LogP contribution in [0.3, 0.4) is 0 Å². The van der Waals surface area contributed by atoms with Crippen LogP contribution in [0.25, 0.3) is 0 Å². The van der Waals surface area contributed by atoms with E-state index in [-0.39, 0.29) is 13.8 Å². The summed E-state index contributed by atoms with van der Waals surface area (Å²) in [6.07, 6.45) is 0. The van der Waals surface area contributed by atoms with E-state index in [0.717, 1.165) is 0 Å². The number of carbonyl (C=O) groups is 2. The molecule has 0 rings (SSSR count). The minimum atomic E-state index is -6.71. The largest absolute Gasteiger partial charge is 0.386 e. The average Bonchev–Trinajstić information content (AvgIpc) is 2.15. The van der Waals surface area contributed by atoms with Crippen LogP contribution in [0.5, 0.6) is 0 Å². The molecule has 0 unspecified atom stereocenters. The maximum absolute atomic E-state index is 12.7. The molecule has 0 saturated carbocycles. The van der Waals surface area contributed by atoms with Gasteiger partial charge in [0.15, 0.2) is 0 Å². The van der Waals surface area contributed by atoms with Crippen LogP contribution in [0, 0.1) is 0 Å². The molecular weight excluding hydrogens is 280 g/mol. The molecule has 0 amide bonds. The lowest BCUT2D eigenvalue weighted by atomic mass is 9.94. The lowest BCUT2D eigenvalue weighted by Crippen LogP contribution is -2.65. The van der Waals surface area contributed by atoms with Crippen LogP contribution < -0.4 is 0 Å². The second kappa shape index (κ2) is 4.16. The Kier molecular flexibility index (Phi) is 3.88. The first-order valence-electron chi connectivity index (χ1n) is 4.17. The lowest BCUT2D eigenvalue weighted by Gasteiger charge is -2.34. The molecule has 2 nitrogen and oxygen atoms in total. The summed E-state index contributed by atoms with van der Waals surface area (Å²) < 4.78 is 101. The van der Waals surface area contributed by atoms with Gasteiger partial charge in [-0.05, 0) is 0 Å². The fraction of sp³-hybridized carbons (Fsp3) is 0.750. The van der Waals surface area contributed by atoms with Crippen LogP contribution in [-0.2, 0) is 9.59 Å². The summed E-state index contributed by atoms with van der Waals surface area (Å²) in [5, 5.41) is 0. The Balaban J connectivity index is 5.89. The van der Waals surface area contributed by atoms with Crippen LogP contribution in [0.4, 0.5) is 35.1 Å². The lowest BCUT2D eigenvalue weighted by molar-refractivity contribution is -0.346. The van der Waals surface area contributed by atoms with Gasteiger partial charge in [-0.3, -0.25) is 9.59 Å². The highest BCUT2D eigenvalue weighted by molar-refractivity contribution is 5.87. The van der Waals surface area contributed by atoms with E-state index in [1.807, 2.05) is 0 Å². The first-order valence-corrected chi connectivity index (χ1v) is 4.17. The summed E-state index contributed by atoms with van der Waals surface area (Å²) in [6, 6.07) is 0. The number of alkyl halides is 8. The fourth-order valence-corrected chi connectivity index (χ4v) is 0.837. The molecule has 0 N–H and O–H groups in total. The summed E-state index contributed by atoms with van der Waals surface area (Å²) in [4.78, 5) is 20.3. The Labute approximate surface area is 94.9 Å². The second-order valence-corrected chi connectivity index (χ2v) is 3.41. The zero-order valence-electron chi connectivity index (χ0n) is 8.84. The van der Waals surface area contributed by atoms with E-state index in [1.165, 1.54) is 0 Å². The first-order chi connectivity index (χ1) is 7.64. The summed E-state index contributed by atoms with van der Waals surface area (Å²) in [5.41, 5.74) is 0. The number of Topliss-reactive ketones (excluding diaryl/α,β-unsaturated/α-hetero) is 2.